The number of hydrogen-bond acceptors (Lipinski definition) is 5. The molecule has 0 bridgehead atoms. The number of carbonyl (C=O) groups excluding carboxylic acids is 2. The zero-order chi connectivity index (χ0) is 24.9. The fraction of sp³-hybridized carbons (Fsp3) is 0.308. The number of rotatable bonds is 8. The number of nitrogens with zero attached hydrogens (tertiary/aromatic N) is 2. The van der Waals surface area contributed by atoms with Crippen LogP contribution < -0.4 is 14.8 Å². The zero-order valence-electron chi connectivity index (χ0n) is 19.9. The van der Waals surface area contributed by atoms with Gasteiger partial charge >= 0.3 is 6.03 Å². The number of ether oxygens (including phenoxy) is 2. The third-order valence-corrected chi connectivity index (χ3v) is 6.30. The first-order valence-corrected chi connectivity index (χ1v) is 12.1. The SMILES string of the molecule is Cc1ccc(CN(Cc2ccc3c(c2)OCO3)C(=O)CN(C(=O)Nc2ccccc2Br)C(C)C)o1. The predicted octanol–water partition coefficient (Wildman–Crippen LogP) is 5.55. The molecule has 0 atom stereocenters. The first-order chi connectivity index (χ1) is 16.8. The van der Waals surface area contributed by atoms with E-state index >= 15 is 0 Å². The predicted molar refractivity (Wildman–Crippen MR) is 135 cm³/mol. The largest absolute Gasteiger partial charge is 0.464 e. The third kappa shape index (κ3) is 6.16. The lowest BCUT2D eigenvalue weighted by Crippen LogP contribution is -2.47. The lowest BCUT2D eigenvalue weighted by molar-refractivity contribution is -0.133. The van der Waals surface area contributed by atoms with Gasteiger partial charge in [0, 0.05) is 17.1 Å². The van der Waals surface area contributed by atoms with Crippen LogP contribution in [0.2, 0.25) is 0 Å². The molecule has 1 aliphatic rings. The number of nitrogens with one attached hydrogen (secondary N) is 1. The molecule has 0 fully saturated rings. The molecule has 0 spiro atoms. The molecule has 9 heteroatoms. The van der Waals surface area contributed by atoms with Gasteiger partial charge in [0.1, 0.15) is 18.1 Å². The maximum Gasteiger partial charge on any atom is 0.322 e. The monoisotopic (exact) mass is 541 g/mol. The molecule has 0 unspecified atom stereocenters. The topological polar surface area (TPSA) is 84.2 Å². The van der Waals surface area contributed by atoms with Crippen LogP contribution in [0, 0.1) is 6.92 Å². The Morgan fingerprint density at radius 2 is 1.80 bits per heavy atom. The minimum Gasteiger partial charge on any atom is -0.464 e. The third-order valence-electron chi connectivity index (χ3n) is 5.61. The Kier molecular flexibility index (Phi) is 7.65. The maximum atomic E-state index is 13.5. The number of carbonyl (C=O) groups is 2. The van der Waals surface area contributed by atoms with Crippen molar-refractivity contribution in [2.45, 2.75) is 39.9 Å². The van der Waals surface area contributed by atoms with E-state index in [1.165, 1.54) is 4.90 Å². The smallest absolute Gasteiger partial charge is 0.322 e. The van der Waals surface area contributed by atoms with E-state index in [-0.39, 0.29) is 37.9 Å². The van der Waals surface area contributed by atoms with E-state index in [1.54, 1.807) is 11.0 Å². The summed E-state index contributed by atoms with van der Waals surface area (Å²) in [6, 6.07) is 16.1. The number of fused-ring (bicyclic) bond motifs is 1. The number of furan rings is 1. The number of urea groups is 1. The van der Waals surface area contributed by atoms with Gasteiger partial charge in [-0.2, -0.15) is 0 Å². The Bertz CT molecular complexity index is 1210. The van der Waals surface area contributed by atoms with E-state index < -0.39 is 0 Å². The van der Waals surface area contributed by atoms with Gasteiger partial charge in [0.05, 0.1) is 12.2 Å². The summed E-state index contributed by atoms with van der Waals surface area (Å²) >= 11 is 3.44. The molecule has 0 saturated heterocycles. The van der Waals surface area contributed by atoms with Crippen LogP contribution in [0.25, 0.3) is 0 Å². The lowest BCUT2D eigenvalue weighted by Gasteiger charge is -2.30. The van der Waals surface area contributed by atoms with E-state index in [9.17, 15) is 9.59 Å². The van der Waals surface area contributed by atoms with Crippen molar-refractivity contribution in [3.05, 3.63) is 76.2 Å². The average molecular weight is 542 g/mol. The highest BCUT2D eigenvalue weighted by Gasteiger charge is 2.25. The van der Waals surface area contributed by atoms with Crippen molar-refractivity contribution in [2.75, 3.05) is 18.7 Å². The highest BCUT2D eigenvalue weighted by molar-refractivity contribution is 9.10. The highest BCUT2D eigenvalue weighted by Crippen LogP contribution is 2.33. The van der Waals surface area contributed by atoms with Crippen LogP contribution in [0.15, 0.2) is 63.5 Å². The Morgan fingerprint density at radius 3 is 2.51 bits per heavy atom. The van der Waals surface area contributed by atoms with Crippen LogP contribution in [-0.4, -0.2) is 41.1 Å². The number of benzene rings is 2. The van der Waals surface area contributed by atoms with Crippen molar-refractivity contribution in [3.63, 3.8) is 0 Å². The summed E-state index contributed by atoms with van der Waals surface area (Å²) in [5.74, 6) is 2.58. The first-order valence-electron chi connectivity index (χ1n) is 11.3. The lowest BCUT2D eigenvalue weighted by atomic mass is 10.1. The first kappa shape index (κ1) is 24.7. The second-order valence-electron chi connectivity index (χ2n) is 8.58. The molecule has 8 nitrogen and oxygen atoms in total. The fourth-order valence-electron chi connectivity index (χ4n) is 3.73. The molecule has 1 aromatic heterocycles. The van der Waals surface area contributed by atoms with Crippen molar-refractivity contribution >= 4 is 33.6 Å². The second kappa shape index (κ2) is 10.9. The van der Waals surface area contributed by atoms with Crippen molar-refractivity contribution in [1.29, 1.82) is 0 Å². The van der Waals surface area contributed by atoms with E-state index in [4.69, 9.17) is 13.9 Å². The molecule has 0 saturated carbocycles. The number of anilines is 1. The molecule has 184 valence electrons. The standard InChI is InChI=1S/C26H28BrN3O5/c1-17(2)30(26(32)28-22-7-5-4-6-21(22)27)15-25(31)29(14-20-10-8-18(3)35-20)13-19-9-11-23-24(12-19)34-16-33-23/h4-12,17H,13-16H2,1-3H3,(H,28,32). The summed E-state index contributed by atoms with van der Waals surface area (Å²) in [7, 11) is 0. The number of para-hydroxylation sites is 1. The van der Waals surface area contributed by atoms with Crippen molar-refractivity contribution < 1.29 is 23.5 Å². The van der Waals surface area contributed by atoms with Gasteiger partial charge in [0.25, 0.3) is 0 Å². The van der Waals surface area contributed by atoms with E-state index in [0.717, 1.165) is 15.8 Å². The van der Waals surface area contributed by atoms with Crippen LogP contribution in [0.4, 0.5) is 10.5 Å². The zero-order valence-corrected chi connectivity index (χ0v) is 21.5. The highest BCUT2D eigenvalue weighted by atomic mass is 79.9. The van der Waals surface area contributed by atoms with Crippen molar-refractivity contribution in [3.8, 4) is 11.5 Å². The molecule has 3 amide bonds. The van der Waals surface area contributed by atoms with Crippen LogP contribution in [0.3, 0.4) is 0 Å². The van der Waals surface area contributed by atoms with Gasteiger partial charge in [-0.25, -0.2) is 4.79 Å². The number of halogens is 1. The average Bonchev–Trinajstić information content (AvgIpc) is 3.46. The summed E-state index contributed by atoms with van der Waals surface area (Å²) in [4.78, 5) is 29.8. The molecular weight excluding hydrogens is 514 g/mol. The molecule has 35 heavy (non-hydrogen) atoms. The van der Waals surface area contributed by atoms with Gasteiger partial charge in [-0.1, -0.05) is 18.2 Å². The summed E-state index contributed by atoms with van der Waals surface area (Å²) in [5.41, 5.74) is 1.53. The van der Waals surface area contributed by atoms with Crippen LogP contribution in [0.1, 0.15) is 30.9 Å². The van der Waals surface area contributed by atoms with Gasteiger partial charge in [0.2, 0.25) is 12.7 Å². The van der Waals surface area contributed by atoms with Crippen LogP contribution in [-0.2, 0) is 17.9 Å². The summed E-state index contributed by atoms with van der Waals surface area (Å²) in [6.45, 7) is 6.32. The molecule has 0 radical (unpaired) electrons. The molecule has 1 N–H and O–H groups in total. The summed E-state index contributed by atoms with van der Waals surface area (Å²) in [5, 5.41) is 2.89. The Morgan fingerprint density at radius 1 is 1.03 bits per heavy atom. The minimum absolute atomic E-state index is 0.0851. The Balaban J connectivity index is 1.52. The number of amides is 3. The minimum atomic E-state index is -0.350. The van der Waals surface area contributed by atoms with Crippen molar-refractivity contribution in [2.24, 2.45) is 0 Å². The molecule has 3 aromatic rings. The van der Waals surface area contributed by atoms with Gasteiger partial charge in [-0.3, -0.25) is 4.79 Å². The van der Waals surface area contributed by atoms with E-state index in [1.807, 2.05) is 69.3 Å². The summed E-state index contributed by atoms with van der Waals surface area (Å²) in [6.07, 6.45) is 0. The van der Waals surface area contributed by atoms with Crippen LogP contribution >= 0.6 is 15.9 Å². The second-order valence-corrected chi connectivity index (χ2v) is 9.44. The fourth-order valence-corrected chi connectivity index (χ4v) is 4.12. The molecule has 0 aliphatic carbocycles. The van der Waals surface area contributed by atoms with Crippen LogP contribution in [0.5, 0.6) is 11.5 Å². The molecule has 1 aliphatic heterocycles. The number of aryl methyl sites for hydroxylation is 1. The quantitative estimate of drug-likeness (QED) is 0.404. The normalized spacial score (nSPS) is 12.0. The summed E-state index contributed by atoms with van der Waals surface area (Å²) < 4.78 is 17.4. The molecular formula is C26H28BrN3O5. The number of hydrogen-bond donors (Lipinski definition) is 1. The van der Waals surface area contributed by atoms with Gasteiger partial charge in [0.15, 0.2) is 11.5 Å². The van der Waals surface area contributed by atoms with E-state index in [0.29, 0.717) is 29.5 Å². The molecule has 4 rings (SSSR count). The van der Waals surface area contributed by atoms with Gasteiger partial charge in [-0.05, 0) is 78.7 Å². The van der Waals surface area contributed by atoms with E-state index in [2.05, 4.69) is 21.2 Å². The molecule has 2 heterocycles. The molecule has 2 aromatic carbocycles. The van der Waals surface area contributed by atoms with Crippen molar-refractivity contribution in [1.82, 2.24) is 9.80 Å². The van der Waals surface area contributed by atoms with Gasteiger partial charge in [-0.15, -0.1) is 0 Å². The Hall–Kier alpha value is -3.46. The van der Waals surface area contributed by atoms with Gasteiger partial charge < -0.3 is 29.0 Å². The Labute approximate surface area is 212 Å². The maximum absolute atomic E-state index is 13.5.